The number of hydrogen-bond donors (Lipinski definition) is 1. The fourth-order valence-corrected chi connectivity index (χ4v) is 3.57. The first-order chi connectivity index (χ1) is 11.1. The number of nitrogen functional groups attached to an aromatic ring is 1. The SMILES string of the molecule is CSc1c(C#N)c(N)nc(SCC(=O)c2ccccc2)c1C#N. The molecule has 0 spiro atoms. The van der Waals surface area contributed by atoms with Crippen LogP contribution < -0.4 is 5.73 Å². The number of carbonyl (C=O) groups excluding carboxylic acids is 1. The molecule has 23 heavy (non-hydrogen) atoms. The van der Waals surface area contributed by atoms with Gasteiger partial charge in [0.1, 0.15) is 28.5 Å². The summed E-state index contributed by atoms with van der Waals surface area (Å²) in [4.78, 5) is 16.8. The summed E-state index contributed by atoms with van der Waals surface area (Å²) in [6, 6.07) is 12.9. The van der Waals surface area contributed by atoms with Crippen molar-refractivity contribution in [1.29, 1.82) is 10.5 Å². The van der Waals surface area contributed by atoms with Crippen molar-refractivity contribution in [3.8, 4) is 12.1 Å². The minimum atomic E-state index is -0.0603. The minimum Gasteiger partial charge on any atom is -0.383 e. The van der Waals surface area contributed by atoms with E-state index in [9.17, 15) is 10.1 Å². The van der Waals surface area contributed by atoms with E-state index in [1.807, 2.05) is 12.1 Å². The number of nitrogens with zero attached hydrogens (tertiary/aromatic N) is 3. The third-order valence-corrected chi connectivity index (χ3v) is 4.80. The molecular formula is C16H12N4OS2. The molecule has 0 amide bonds. The van der Waals surface area contributed by atoms with Crippen LogP contribution in [0.15, 0.2) is 40.3 Å². The Hall–Kier alpha value is -2.48. The van der Waals surface area contributed by atoms with Gasteiger partial charge in [-0.05, 0) is 6.26 Å². The second-order valence-corrected chi connectivity index (χ2v) is 6.17. The highest BCUT2D eigenvalue weighted by atomic mass is 32.2. The third kappa shape index (κ3) is 3.65. The number of ketones is 1. The lowest BCUT2D eigenvalue weighted by Crippen LogP contribution is -2.06. The van der Waals surface area contributed by atoms with Crippen molar-refractivity contribution in [2.45, 2.75) is 9.92 Å². The van der Waals surface area contributed by atoms with Gasteiger partial charge >= 0.3 is 0 Å². The Morgan fingerprint density at radius 2 is 1.87 bits per heavy atom. The summed E-state index contributed by atoms with van der Waals surface area (Å²) in [7, 11) is 0. The summed E-state index contributed by atoms with van der Waals surface area (Å²) < 4.78 is 0. The Bertz CT molecular complexity index is 823. The largest absolute Gasteiger partial charge is 0.383 e. The summed E-state index contributed by atoms with van der Waals surface area (Å²) >= 11 is 2.42. The topological polar surface area (TPSA) is 104 Å². The first-order valence-corrected chi connectivity index (χ1v) is 8.72. The lowest BCUT2D eigenvalue weighted by atomic mass is 10.2. The Balaban J connectivity index is 2.31. The average molecular weight is 340 g/mol. The Kier molecular flexibility index (Phi) is 5.64. The Morgan fingerprint density at radius 1 is 1.22 bits per heavy atom. The van der Waals surface area contributed by atoms with Crippen molar-refractivity contribution in [3.63, 3.8) is 0 Å². The van der Waals surface area contributed by atoms with Crippen molar-refractivity contribution in [2.75, 3.05) is 17.7 Å². The van der Waals surface area contributed by atoms with Crippen LogP contribution in [0.4, 0.5) is 5.82 Å². The molecule has 2 rings (SSSR count). The number of rotatable bonds is 5. The van der Waals surface area contributed by atoms with Crippen LogP contribution in [0.1, 0.15) is 21.5 Å². The molecule has 114 valence electrons. The zero-order valence-corrected chi connectivity index (χ0v) is 13.9. The highest BCUT2D eigenvalue weighted by Gasteiger charge is 2.19. The first-order valence-electron chi connectivity index (χ1n) is 6.51. The molecule has 0 unspecified atom stereocenters. The van der Waals surface area contributed by atoms with Crippen molar-refractivity contribution >= 4 is 35.1 Å². The van der Waals surface area contributed by atoms with Crippen LogP contribution in [0.5, 0.6) is 0 Å². The van der Waals surface area contributed by atoms with Crippen LogP contribution in [0.2, 0.25) is 0 Å². The fourth-order valence-electron chi connectivity index (χ4n) is 1.92. The van der Waals surface area contributed by atoms with Crippen molar-refractivity contribution in [1.82, 2.24) is 4.98 Å². The maximum Gasteiger partial charge on any atom is 0.173 e. The number of aromatic nitrogens is 1. The second kappa shape index (κ2) is 7.68. The minimum absolute atomic E-state index is 0.0603. The van der Waals surface area contributed by atoms with Crippen LogP contribution in [0.3, 0.4) is 0 Å². The van der Waals surface area contributed by atoms with E-state index in [1.165, 1.54) is 11.8 Å². The molecular weight excluding hydrogens is 328 g/mol. The number of nitriles is 2. The molecule has 0 atom stereocenters. The van der Waals surface area contributed by atoms with Gasteiger partial charge in [0.25, 0.3) is 0 Å². The number of Topliss-reactive ketones (excluding diaryl/α,β-unsaturated/α-hetero) is 1. The lowest BCUT2D eigenvalue weighted by molar-refractivity contribution is 0.102. The molecule has 2 N–H and O–H groups in total. The van der Waals surface area contributed by atoms with Gasteiger partial charge in [-0.25, -0.2) is 4.98 Å². The number of anilines is 1. The quantitative estimate of drug-likeness (QED) is 0.658. The Labute approximate surface area is 142 Å². The first kappa shape index (κ1) is 16.9. The van der Waals surface area contributed by atoms with Gasteiger partial charge in [0.15, 0.2) is 5.78 Å². The predicted molar refractivity (Wildman–Crippen MR) is 91.4 cm³/mol. The zero-order chi connectivity index (χ0) is 16.8. The van der Waals surface area contributed by atoms with Gasteiger partial charge in [0.2, 0.25) is 0 Å². The molecule has 2 aromatic rings. The molecule has 0 saturated carbocycles. The van der Waals surface area contributed by atoms with Gasteiger partial charge in [-0.3, -0.25) is 4.79 Å². The third-order valence-electron chi connectivity index (χ3n) is 3.01. The number of thioether (sulfide) groups is 2. The van der Waals surface area contributed by atoms with E-state index in [-0.39, 0.29) is 28.5 Å². The molecule has 0 aliphatic carbocycles. The molecule has 1 aromatic heterocycles. The van der Waals surface area contributed by atoms with Gasteiger partial charge in [-0.1, -0.05) is 42.1 Å². The summed E-state index contributed by atoms with van der Waals surface area (Å²) in [5.74, 6) is 0.158. The van der Waals surface area contributed by atoms with Gasteiger partial charge in [0, 0.05) is 10.5 Å². The molecule has 0 bridgehead atoms. The van der Waals surface area contributed by atoms with Crippen LogP contribution in [0.25, 0.3) is 0 Å². The molecule has 0 aliphatic rings. The summed E-state index contributed by atoms with van der Waals surface area (Å²) in [6.07, 6.45) is 1.76. The summed E-state index contributed by atoms with van der Waals surface area (Å²) in [5, 5.41) is 18.9. The van der Waals surface area contributed by atoms with E-state index in [0.29, 0.717) is 15.5 Å². The van der Waals surface area contributed by atoms with Gasteiger partial charge in [-0.2, -0.15) is 10.5 Å². The van der Waals surface area contributed by atoms with Crippen molar-refractivity contribution < 1.29 is 4.79 Å². The van der Waals surface area contributed by atoms with E-state index in [4.69, 9.17) is 11.0 Å². The number of carbonyl (C=O) groups is 1. The molecule has 0 aliphatic heterocycles. The molecule has 1 heterocycles. The standard InChI is InChI=1S/C16H12N4OS2/c1-22-14-11(7-17)15(19)20-16(12(14)8-18)23-9-13(21)10-5-3-2-4-6-10/h2-6H,9H2,1H3,(H2,19,20). The van der Waals surface area contributed by atoms with E-state index in [1.54, 1.807) is 30.5 Å². The van der Waals surface area contributed by atoms with Crippen LogP contribution >= 0.6 is 23.5 Å². The maximum atomic E-state index is 12.2. The molecule has 5 nitrogen and oxygen atoms in total. The number of nitrogens with two attached hydrogens (primary N) is 1. The molecule has 0 fully saturated rings. The highest BCUT2D eigenvalue weighted by Crippen LogP contribution is 2.34. The van der Waals surface area contributed by atoms with Crippen LogP contribution in [-0.2, 0) is 0 Å². The van der Waals surface area contributed by atoms with E-state index < -0.39 is 0 Å². The van der Waals surface area contributed by atoms with E-state index >= 15 is 0 Å². The predicted octanol–water partition coefficient (Wildman–Crippen LogP) is 3.10. The van der Waals surface area contributed by atoms with E-state index in [2.05, 4.69) is 11.1 Å². The van der Waals surface area contributed by atoms with Crippen molar-refractivity contribution in [3.05, 3.63) is 47.0 Å². The van der Waals surface area contributed by atoms with Gasteiger partial charge in [0.05, 0.1) is 11.3 Å². The number of hydrogen-bond acceptors (Lipinski definition) is 7. The summed E-state index contributed by atoms with van der Waals surface area (Å²) in [5.41, 5.74) is 6.88. The normalized spacial score (nSPS) is 9.87. The number of benzene rings is 1. The summed E-state index contributed by atoms with van der Waals surface area (Å²) in [6.45, 7) is 0. The fraction of sp³-hybridized carbons (Fsp3) is 0.125. The molecule has 1 aromatic carbocycles. The Morgan fingerprint density at radius 3 is 2.43 bits per heavy atom. The van der Waals surface area contributed by atoms with Crippen molar-refractivity contribution in [2.24, 2.45) is 0 Å². The van der Waals surface area contributed by atoms with Crippen LogP contribution in [-0.4, -0.2) is 22.8 Å². The molecule has 0 saturated heterocycles. The monoisotopic (exact) mass is 340 g/mol. The van der Waals surface area contributed by atoms with Gasteiger partial charge < -0.3 is 5.73 Å². The average Bonchev–Trinajstić information content (AvgIpc) is 2.59. The molecule has 7 heteroatoms. The van der Waals surface area contributed by atoms with Gasteiger partial charge in [-0.15, -0.1) is 11.8 Å². The number of pyridine rings is 1. The molecule has 0 radical (unpaired) electrons. The highest BCUT2D eigenvalue weighted by molar-refractivity contribution is 8.00. The zero-order valence-electron chi connectivity index (χ0n) is 12.2. The van der Waals surface area contributed by atoms with Crippen LogP contribution in [0, 0.1) is 22.7 Å². The smallest absolute Gasteiger partial charge is 0.173 e. The second-order valence-electron chi connectivity index (χ2n) is 4.39. The van der Waals surface area contributed by atoms with E-state index in [0.717, 1.165) is 11.8 Å². The lowest BCUT2D eigenvalue weighted by Gasteiger charge is -2.10. The maximum absolute atomic E-state index is 12.2.